The predicted octanol–water partition coefficient (Wildman–Crippen LogP) is 4.22. The Labute approximate surface area is 171 Å². The molecule has 1 aliphatic rings. The Morgan fingerprint density at radius 1 is 1.24 bits per heavy atom. The number of ether oxygens (including phenoxy) is 2. The van der Waals surface area contributed by atoms with E-state index < -0.39 is 0 Å². The van der Waals surface area contributed by atoms with E-state index in [1.54, 1.807) is 31.4 Å². The van der Waals surface area contributed by atoms with Crippen molar-refractivity contribution in [2.75, 3.05) is 18.2 Å². The third kappa shape index (κ3) is 3.80. The van der Waals surface area contributed by atoms with Gasteiger partial charge >= 0.3 is 0 Å². The number of halogens is 1. The van der Waals surface area contributed by atoms with Gasteiger partial charge in [0.15, 0.2) is 17.3 Å². The normalized spacial score (nSPS) is 16.0. The molecule has 6 nitrogen and oxygen atoms in total. The van der Waals surface area contributed by atoms with Gasteiger partial charge in [0.1, 0.15) is 12.4 Å². The molecule has 0 saturated carbocycles. The largest absolute Gasteiger partial charge is 0.493 e. The van der Waals surface area contributed by atoms with E-state index in [1.807, 2.05) is 19.1 Å². The van der Waals surface area contributed by atoms with E-state index in [1.165, 1.54) is 17.8 Å². The van der Waals surface area contributed by atoms with E-state index in [2.05, 4.69) is 15.5 Å². The number of nitrogens with zero attached hydrogens (tertiary/aromatic N) is 1. The fourth-order valence-electron chi connectivity index (χ4n) is 3.33. The number of aromatic nitrogens is 2. The molecular weight excluding hydrogens is 393 g/mol. The van der Waals surface area contributed by atoms with Gasteiger partial charge in [0.2, 0.25) is 5.91 Å². The highest BCUT2D eigenvalue weighted by molar-refractivity contribution is 8.00. The number of hydrogen-bond acceptors (Lipinski definition) is 5. The summed E-state index contributed by atoms with van der Waals surface area (Å²) >= 11 is 1.48. The standard InChI is InChI=1S/C21H20FN3O3S/c1-12-18-20(29-11-17(26)23-21(18)25-24-12)14-7-5-9-16(27-2)19(14)28-10-13-6-3-4-8-15(13)22/h3-9,20H,10-11H2,1-2H3,(H2,23,24,25,26)/t20-/m1/s1. The first-order valence-corrected chi connectivity index (χ1v) is 10.1. The molecule has 2 heterocycles. The number of aromatic amines is 1. The third-order valence-corrected chi connectivity index (χ3v) is 5.99. The summed E-state index contributed by atoms with van der Waals surface area (Å²) in [7, 11) is 1.56. The molecule has 3 aromatic rings. The van der Waals surface area contributed by atoms with Gasteiger partial charge in [-0.25, -0.2) is 4.39 Å². The number of anilines is 1. The lowest BCUT2D eigenvalue weighted by Crippen LogP contribution is -2.12. The Morgan fingerprint density at radius 3 is 2.86 bits per heavy atom. The second kappa shape index (κ2) is 8.16. The molecule has 1 atom stereocenters. The minimum atomic E-state index is -0.324. The number of para-hydroxylation sites is 1. The summed E-state index contributed by atoms with van der Waals surface area (Å²) in [5.41, 5.74) is 3.05. The number of amides is 1. The molecule has 0 saturated heterocycles. The first kappa shape index (κ1) is 19.3. The minimum absolute atomic E-state index is 0.0613. The first-order valence-electron chi connectivity index (χ1n) is 9.08. The van der Waals surface area contributed by atoms with Gasteiger partial charge in [-0.05, 0) is 19.1 Å². The number of nitrogens with one attached hydrogen (secondary N) is 2. The smallest absolute Gasteiger partial charge is 0.235 e. The molecule has 1 aromatic heterocycles. The summed E-state index contributed by atoms with van der Waals surface area (Å²) in [6, 6.07) is 12.1. The summed E-state index contributed by atoms with van der Waals surface area (Å²) in [4.78, 5) is 12.1. The Hall–Kier alpha value is -3.00. The first-order chi connectivity index (χ1) is 14.1. The zero-order valence-electron chi connectivity index (χ0n) is 16.0. The number of carbonyl (C=O) groups is 1. The van der Waals surface area contributed by atoms with Gasteiger partial charge in [-0.15, -0.1) is 11.8 Å². The van der Waals surface area contributed by atoms with Crippen LogP contribution in [0.15, 0.2) is 42.5 Å². The van der Waals surface area contributed by atoms with Crippen LogP contribution in [0.5, 0.6) is 11.5 Å². The van der Waals surface area contributed by atoms with Crippen LogP contribution in [0.1, 0.15) is 27.6 Å². The Bertz CT molecular complexity index is 1050. The number of carbonyl (C=O) groups excluding carboxylic acids is 1. The number of benzene rings is 2. The zero-order chi connectivity index (χ0) is 20.4. The molecule has 0 radical (unpaired) electrons. The van der Waals surface area contributed by atoms with E-state index in [0.29, 0.717) is 22.9 Å². The monoisotopic (exact) mass is 413 g/mol. The van der Waals surface area contributed by atoms with E-state index >= 15 is 0 Å². The molecule has 0 aliphatic carbocycles. The van der Waals surface area contributed by atoms with Crippen molar-refractivity contribution in [3.63, 3.8) is 0 Å². The summed E-state index contributed by atoms with van der Waals surface area (Å²) in [6.07, 6.45) is 0. The summed E-state index contributed by atoms with van der Waals surface area (Å²) in [6.45, 7) is 1.97. The Kier molecular flexibility index (Phi) is 5.44. The molecule has 0 bridgehead atoms. The van der Waals surface area contributed by atoms with Crippen LogP contribution in [-0.2, 0) is 11.4 Å². The molecule has 1 amide bonds. The van der Waals surface area contributed by atoms with E-state index in [9.17, 15) is 9.18 Å². The molecule has 1 aliphatic heterocycles. The van der Waals surface area contributed by atoms with Gasteiger partial charge in [-0.1, -0.05) is 30.3 Å². The van der Waals surface area contributed by atoms with Gasteiger partial charge in [-0.2, -0.15) is 5.10 Å². The highest BCUT2D eigenvalue weighted by Crippen LogP contribution is 2.47. The molecule has 8 heteroatoms. The maximum Gasteiger partial charge on any atom is 0.235 e. The lowest BCUT2D eigenvalue weighted by Gasteiger charge is -2.21. The van der Waals surface area contributed by atoms with Crippen LogP contribution in [0.3, 0.4) is 0 Å². The fourth-order valence-corrected chi connectivity index (χ4v) is 4.54. The van der Waals surface area contributed by atoms with Crippen LogP contribution < -0.4 is 14.8 Å². The number of H-pyrrole nitrogens is 1. The summed E-state index contributed by atoms with van der Waals surface area (Å²) in [5.74, 6) is 1.44. The van der Waals surface area contributed by atoms with Crippen molar-refractivity contribution in [3.8, 4) is 11.5 Å². The van der Waals surface area contributed by atoms with Gasteiger partial charge in [0.05, 0.1) is 18.1 Å². The average Bonchev–Trinajstić information content (AvgIpc) is 2.98. The fraction of sp³-hybridized carbons (Fsp3) is 0.238. The highest BCUT2D eigenvalue weighted by Gasteiger charge is 2.31. The van der Waals surface area contributed by atoms with Crippen LogP contribution in [0.25, 0.3) is 0 Å². The van der Waals surface area contributed by atoms with Gasteiger partial charge in [0, 0.05) is 22.4 Å². The van der Waals surface area contributed by atoms with E-state index in [0.717, 1.165) is 16.8 Å². The molecule has 0 fully saturated rings. The topological polar surface area (TPSA) is 76.2 Å². The zero-order valence-corrected chi connectivity index (χ0v) is 16.8. The Balaban J connectivity index is 1.75. The van der Waals surface area contributed by atoms with Gasteiger partial charge < -0.3 is 14.8 Å². The molecule has 0 spiro atoms. The number of hydrogen-bond donors (Lipinski definition) is 2. The van der Waals surface area contributed by atoms with Crippen LogP contribution >= 0.6 is 11.8 Å². The molecule has 2 aromatic carbocycles. The minimum Gasteiger partial charge on any atom is -0.493 e. The van der Waals surface area contributed by atoms with Crippen LogP contribution in [0.4, 0.5) is 10.2 Å². The summed E-state index contributed by atoms with van der Waals surface area (Å²) < 4.78 is 25.6. The predicted molar refractivity (Wildman–Crippen MR) is 110 cm³/mol. The molecule has 2 N–H and O–H groups in total. The number of fused-ring (bicyclic) bond motifs is 1. The molecule has 150 valence electrons. The SMILES string of the molecule is COc1cccc([C@H]2SCC(=O)Nc3n[nH]c(C)c32)c1OCc1ccccc1F. The number of aryl methyl sites for hydroxylation is 1. The lowest BCUT2D eigenvalue weighted by atomic mass is 10.0. The average molecular weight is 413 g/mol. The summed E-state index contributed by atoms with van der Waals surface area (Å²) in [5, 5.41) is 9.80. The van der Waals surface area contributed by atoms with E-state index in [-0.39, 0.29) is 29.3 Å². The molecule has 29 heavy (non-hydrogen) atoms. The van der Waals surface area contributed by atoms with Crippen molar-refractivity contribution in [3.05, 3.63) is 70.7 Å². The van der Waals surface area contributed by atoms with Crippen molar-refractivity contribution < 1.29 is 18.7 Å². The second-order valence-corrected chi connectivity index (χ2v) is 7.70. The number of methoxy groups -OCH3 is 1. The third-order valence-electron chi connectivity index (χ3n) is 4.74. The molecule has 0 unspecified atom stereocenters. The molecular formula is C21H20FN3O3S. The van der Waals surface area contributed by atoms with Crippen molar-refractivity contribution in [1.29, 1.82) is 0 Å². The number of thioether (sulfide) groups is 1. The Morgan fingerprint density at radius 2 is 2.07 bits per heavy atom. The molecule has 4 rings (SSSR count). The van der Waals surface area contributed by atoms with Gasteiger partial charge in [0.25, 0.3) is 0 Å². The van der Waals surface area contributed by atoms with Gasteiger partial charge in [-0.3, -0.25) is 9.89 Å². The van der Waals surface area contributed by atoms with Crippen molar-refractivity contribution in [2.24, 2.45) is 0 Å². The van der Waals surface area contributed by atoms with Crippen LogP contribution in [-0.4, -0.2) is 29.0 Å². The van der Waals surface area contributed by atoms with Crippen LogP contribution in [0.2, 0.25) is 0 Å². The van der Waals surface area contributed by atoms with Crippen LogP contribution in [0, 0.1) is 12.7 Å². The van der Waals surface area contributed by atoms with E-state index in [4.69, 9.17) is 9.47 Å². The van der Waals surface area contributed by atoms with Crippen molar-refractivity contribution in [2.45, 2.75) is 18.8 Å². The lowest BCUT2D eigenvalue weighted by molar-refractivity contribution is -0.113. The quantitative estimate of drug-likeness (QED) is 0.655. The second-order valence-electron chi connectivity index (χ2n) is 6.61. The maximum absolute atomic E-state index is 14.1. The van der Waals surface area contributed by atoms with Crippen molar-refractivity contribution in [1.82, 2.24) is 10.2 Å². The highest BCUT2D eigenvalue weighted by atomic mass is 32.2. The van der Waals surface area contributed by atoms with Crippen molar-refractivity contribution >= 4 is 23.5 Å². The maximum atomic E-state index is 14.1. The number of rotatable bonds is 5.